The van der Waals surface area contributed by atoms with E-state index in [-0.39, 0.29) is 5.56 Å². The third kappa shape index (κ3) is 5.08. The van der Waals surface area contributed by atoms with E-state index in [1.165, 1.54) is 10.7 Å². The third-order valence-corrected chi connectivity index (χ3v) is 6.76. The SMILES string of the molecule is CN1CCN(c2ccc(Nc3ncc4c(-c5ccn6ncc(C(=O)NCC(F)F)c6c5)c[nH]c4n3)cn2)CC1. The lowest BCUT2D eigenvalue weighted by molar-refractivity contribution is 0.0893. The highest BCUT2D eigenvalue weighted by atomic mass is 19.3. The van der Waals surface area contributed by atoms with Crippen LogP contribution in [0.25, 0.3) is 27.7 Å². The maximum Gasteiger partial charge on any atom is 0.255 e. The Hall–Kier alpha value is -4.65. The van der Waals surface area contributed by atoms with Crippen molar-refractivity contribution in [2.75, 3.05) is 50.0 Å². The average Bonchev–Trinajstić information content (AvgIpc) is 3.56. The summed E-state index contributed by atoms with van der Waals surface area (Å²) >= 11 is 0. The molecule has 1 aliphatic rings. The van der Waals surface area contributed by atoms with Crippen molar-refractivity contribution in [1.29, 1.82) is 0 Å². The topological polar surface area (TPSA) is 119 Å². The van der Waals surface area contributed by atoms with Gasteiger partial charge in [-0.05, 0) is 36.9 Å². The Balaban J connectivity index is 1.21. The van der Waals surface area contributed by atoms with Crippen LogP contribution in [0.4, 0.5) is 26.2 Å². The number of rotatable bonds is 7. The van der Waals surface area contributed by atoms with E-state index in [4.69, 9.17) is 0 Å². The minimum absolute atomic E-state index is 0.215. The first-order valence-electron chi connectivity index (χ1n) is 12.5. The molecule has 1 amide bonds. The zero-order valence-corrected chi connectivity index (χ0v) is 21.1. The normalized spacial score (nSPS) is 14.4. The zero-order valence-electron chi connectivity index (χ0n) is 21.1. The van der Waals surface area contributed by atoms with E-state index in [9.17, 15) is 13.6 Å². The van der Waals surface area contributed by atoms with Gasteiger partial charge >= 0.3 is 0 Å². The Morgan fingerprint density at radius 2 is 1.95 bits per heavy atom. The number of hydrogen-bond acceptors (Lipinski definition) is 8. The van der Waals surface area contributed by atoms with E-state index < -0.39 is 18.9 Å². The lowest BCUT2D eigenvalue weighted by Gasteiger charge is -2.33. The van der Waals surface area contributed by atoms with Gasteiger partial charge in [-0.2, -0.15) is 10.1 Å². The van der Waals surface area contributed by atoms with E-state index in [1.807, 2.05) is 24.4 Å². The summed E-state index contributed by atoms with van der Waals surface area (Å²) in [6.07, 6.45) is 5.76. The Kier molecular flexibility index (Phi) is 6.49. The predicted molar refractivity (Wildman–Crippen MR) is 144 cm³/mol. The standard InChI is InChI=1S/C26H26F2N10O/c1-36-6-8-37(9-7-36)23-3-2-17(11-29-23)34-26-32-13-19-18(12-30-24(19)35-26)16-4-5-38-21(10-16)20(14-33-38)25(39)31-15-22(27)28/h2-5,10-14,22H,6-9,15H2,1H3,(H,31,39)(H2,30,32,34,35). The van der Waals surface area contributed by atoms with E-state index >= 15 is 0 Å². The van der Waals surface area contributed by atoms with Crippen LogP contribution in [0.2, 0.25) is 0 Å². The number of carbonyl (C=O) groups excluding carboxylic acids is 1. The van der Waals surface area contributed by atoms with Crippen molar-refractivity contribution < 1.29 is 13.6 Å². The minimum Gasteiger partial charge on any atom is -0.354 e. The van der Waals surface area contributed by atoms with Gasteiger partial charge in [-0.25, -0.2) is 23.3 Å². The van der Waals surface area contributed by atoms with Gasteiger partial charge in [0.05, 0.1) is 35.7 Å². The van der Waals surface area contributed by atoms with Crippen molar-refractivity contribution in [3.63, 3.8) is 0 Å². The number of aromatic amines is 1. The van der Waals surface area contributed by atoms with Crippen LogP contribution in [0.15, 0.2) is 55.2 Å². The van der Waals surface area contributed by atoms with E-state index in [0.717, 1.165) is 54.2 Å². The molecule has 0 atom stereocenters. The van der Waals surface area contributed by atoms with Crippen molar-refractivity contribution >= 4 is 39.9 Å². The highest BCUT2D eigenvalue weighted by Gasteiger charge is 2.17. The Morgan fingerprint density at radius 3 is 2.72 bits per heavy atom. The van der Waals surface area contributed by atoms with E-state index in [1.54, 1.807) is 24.7 Å². The van der Waals surface area contributed by atoms with Gasteiger partial charge in [0.25, 0.3) is 12.3 Å². The quantitative estimate of drug-likeness (QED) is 0.293. The number of piperazine rings is 1. The summed E-state index contributed by atoms with van der Waals surface area (Å²) in [6, 6.07) is 7.59. The number of nitrogens with one attached hydrogen (secondary N) is 3. The number of nitrogens with zero attached hydrogens (tertiary/aromatic N) is 7. The Bertz CT molecular complexity index is 1620. The Labute approximate surface area is 221 Å². The molecule has 1 aliphatic heterocycles. The summed E-state index contributed by atoms with van der Waals surface area (Å²) in [5.41, 5.74) is 3.76. The molecule has 0 radical (unpaired) electrons. The first-order chi connectivity index (χ1) is 18.9. The predicted octanol–water partition coefficient (Wildman–Crippen LogP) is 3.16. The first kappa shape index (κ1) is 24.7. The van der Waals surface area contributed by atoms with Gasteiger partial charge in [0.15, 0.2) is 0 Å². The number of anilines is 3. The number of H-pyrrole nitrogens is 1. The second-order valence-corrected chi connectivity index (χ2v) is 9.38. The number of alkyl halides is 2. The van der Waals surface area contributed by atoms with Gasteiger partial charge in [0, 0.05) is 55.7 Å². The number of hydrogen-bond donors (Lipinski definition) is 3. The van der Waals surface area contributed by atoms with Crippen molar-refractivity contribution in [2.24, 2.45) is 0 Å². The summed E-state index contributed by atoms with van der Waals surface area (Å²) in [6.45, 7) is 3.21. The highest BCUT2D eigenvalue weighted by Crippen LogP contribution is 2.30. The fourth-order valence-corrected chi connectivity index (χ4v) is 4.61. The molecule has 0 aromatic carbocycles. The number of aromatic nitrogens is 6. The fourth-order valence-electron chi connectivity index (χ4n) is 4.61. The van der Waals surface area contributed by atoms with Gasteiger partial charge in [0.2, 0.25) is 5.95 Å². The maximum atomic E-state index is 12.5. The molecule has 5 aromatic heterocycles. The van der Waals surface area contributed by atoms with Crippen LogP contribution >= 0.6 is 0 Å². The lowest BCUT2D eigenvalue weighted by atomic mass is 10.1. The summed E-state index contributed by atoms with van der Waals surface area (Å²) in [4.78, 5) is 33.8. The average molecular weight is 533 g/mol. The molecule has 0 bridgehead atoms. The molecule has 1 fully saturated rings. The molecular weight excluding hydrogens is 506 g/mol. The summed E-state index contributed by atoms with van der Waals surface area (Å²) in [5, 5.41) is 10.4. The van der Waals surface area contributed by atoms with Gasteiger partial charge in [-0.15, -0.1) is 0 Å². The van der Waals surface area contributed by atoms with Crippen LogP contribution in [0.3, 0.4) is 0 Å². The van der Waals surface area contributed by atoms with Crippen LogP contribution in [-0.4, -0.2) is 86.6 Å². The highest BCUT2D eigenvalue weighted by molar-refractivity contribution is 6.02. The van der Waals surface area contributed by atoms with Gasteiger partial charge in [-0.3, -0.25) is 4.79 Å². The summed E-state index contributed by atoms with van der Waals surface area (Å²) in [5.74, 6) is 0.768. The maximum absolute atomic E-state index is 12.5. The van der Waals surface area contributed by atoms with Gasteiger partial charge in [0.1, 0.15) is 11.5 Å². The molecule has 0 unspecified atom stereocenters. The second kappa shape index (κ2) is 10.3. The first-order valence-corrected chi connectivity index (χ1v) is 12.5. The number of fused-ring (bicyclic) bond motifs is 2. The summed E-state index contributed by atoms with van der Waals surface area (Å²) < 4.78 is 26.6. The molecule has 0 spiro atoms. The van der Waals surface area contributed by atoms with Crippen molar-refractivity contribution in [2.45, 2.75) is 6.43 Å². The molecule has 200 valence electrons. The van der Waals surface area contributed by atoms with Crippen LogP contribution in [0.1, 0.15) is 10.4 Å². The number of carbonyl (C=O) groups is 1. The van der Waals surface area contributed by atoms with Gasteiger partial charge < -0.3 is 25.4 Å². The molecule has 0 saturated carbocycles. The monoisotopic (exact) mass is 532 g/mol. The van der Waals surface area contributed by atoms with Crippen molar-refractivity contribution in [3.05, 3.63) is 60.8 Å². The number of halogens is 2. The van der Waals surface area contributed by atoms with Crippen LogP contribution < -0.4 is 15.5 Å². The fraction of sp³-hybridized carbons (Fsp3) is 0.269. The van der Waals surface area contributed by atoms with E-state index in [2.05, 4.69) is 52.5 Å². The molecule has 0 aliphatic carbocycles. The Morgan fingerprint density at radius 1 is 1.10 bits per heavy atom. The molecule has 6 rings (SSSR count). The molecule has 39 heavy (non-hydrogen) atoms. The zero-order chi connectivity index (χ0) is 26.9. The molecule has 5 aromatic rings. The second-order valence-electron chi connectivity index (χ2n) is 9.38. The lowest BCUT2D eigenvalue weighted by Crippen LogP contribution is -2.44. The van der Waals surface area contributed by atoms with Crippen LogP contribution in [0, 0.1) is 0 Å². The number of amides is 1. The van der Waals surface area contributed by atoms with Crippen LogP contribution in [0.5, 0.6) is 0 Å². The smallest absolute Gasteiger partial charge is 0.255 e. The molecular formula is C26H26F2N10O. The van der Waals surface area contributed by atoms with Crippen molar-refractivity contribution in [1.82, 2.24) is 39.8 Å². The van der Waals surface area contributed by atoms with E-state index in [0.29, 0.717) is 17.1 Å². The molecule has 1 saturated heterocycles. The summed E-state index contributed by atoms with van der Waals surface area (Å²) in [7, 11) is 2.12. The van der Waals surface area contributed by atoms with Gasteiger partial charge in [-0.1, -0.05) is 0 Å². The number of likely N-dealkylation sites (N-methyl/N-ethyl adjacent to an activating group) is 1. The molecule has 13 heteroatoms. The molecule has 6 heterocycles. The molecule has 11 nitrogen and oxygen atoms in total. The third-order valence-electron chi connectivity index (χ3n) is 6.76. The van der Waals surface area contributed by atoms with Crippen LogP contribution in [-0.2, 0) is 0 Å². The van der Waals surface area contributed by atoms with Crippen molar-refractivity contribution in [3.8, 4) is 11.1 Å². The number of pyridine rings is 2. The molecule has 3 N–H and O–H groups in total. The largest absolute Gasteiger partial charge is 0.354 e. The minimum atomic E-state index is -2.63.